The van der Waals surface area contributed by atoms with Crippen molar-refractivity contribution in [3.8, 4) is 0 Å². The van der Waals surface area contributed by atoms with Gasteiger partial charge in [-0.3, -0.25) is 9.97 Å². The van der Waals surface area contributed by atoms with E-state index in [1.165, 1.54) is 0 Å². The molecule has 0 radical (unpaired) electrons. The quantitative estimate of drug-likeness (QED) is 0.654. The number of hydrogen-bond acceptors (Lipinski definition) is 4. The number of hydrogen-bond donors (Lipinski definition) is 0. The Morgan fingerprint density at radius 2 is 2.15 bits per heavy atom. The van der Waals surface area contributed by atoms with Crippen LogP contribution in [0.3, 0.4) is 0 Å². The number of nitrogens with zero attached hydrogens (tertiary/aromatic N) is 3. The van der Waals surface area contributed by atoms with Crippen LogP contribution in [0.5, 0.6) is 0 Å². The van der Waals surface area contributed by atoms with E-state index in [-0.39, 0.29) is 0 Å². The molecule has 0 amide bonds. The third-order valence-electron chi connectivity index (χ3n) is 1.85. The molecular formula is C9H15N3O. The fraction of sp³-hybridized carbons (Fsp3) is 0.556. The minimum Gasteiger partial charge on any atom is -0.302 e. The first-order valence-corrected chi connectivity index (χ1v) is 4.18. The van der Waals surface area contributed by atoms with Crippen molar-refractivity contribution in [3.05, 3.63) is 23.3 Å². The number of aromatic nitrogens is 2. The van der Waals surface area contributed by atoms with Crippen molar-refractivity contribution in [1.29, 1.82) is 0 Å². The molecule has 0 bridgehead atoms. The highest BCUT2D eigenvalue weighted by atomic mass is 16.7. The second kappa shape index (κ2) is 4.30. The molecule has 0 unspecified atom stereocenters. The van der Waals surface area contributed by atoms with Gasteiger partial charge in [-0.25, -0.2) is 0 Å². The van der Waals surface area contributed by atoms with Crippen molar-refractivity contribution in [3.63, 3.8) is 0 Å². The predicted molar refractivity (Wildman–Crippen MR) is 50.0 cm³/mol. The van der Waals surface area contributed by atoms with Crippen molar-refractivity contribution in [2.75, 3.05) is 14.2 Å². The molecule has 1 aromatic rings. The van der Waals surface area contributed by atoms with Gasteiger partial charge >= 0.3 is 0 Å². The number of hydroxylamine groups is 2. The average Bonchev–Trinajstić information content (AvgIpc) is 2.09. The van der Waals surface area contributed by atoms with E-state index in [4.69, 9.17) is 4.84 Å². The molecule has 0 saturated carbocycles. The molecule has 0 N–H and O–H groups in total. The lowest BCUT2D eigenvalue weighted by Gasteiger charge is -2.13. The first-order valence-electron chi connectivity index (χ1n) is 4.18. The highest BCUT2D eigenvalue weighted by Gasteiger charge is 2.04. The monoisotopic (exact) mass is 181 g/mol. The van der Waals surface area contributed by atoms with Gasteiger partial charge in [0.05, 0.1) is 30.7 Å². The van der Waals surface area contributed by atoms with Crippen LogP contribution in [0, 0.1) is 13.8 Å². The topological polar surface area (TPSA) is 38.2 Å². The molecule has 0 saturated heterocycles. The summed E-state index contributed by atoms with van der Waals surface area (Å²) in [5.41, 5.74) is 2.86. The van der Waals surface area contributed by atoms with Gasteiger partial charge in [0.1, 0.15) is 0 Å². The highest BCUT2D eigenvalue weighted by Crippen LogP contribution is 2.04. The zero-order chi connectivity index (χ0) is 9.84. The molecular weight excluding hydrogens is 166 g/mol. The summed E-state index contributed by atoms with van der Waals surface area (Å²) in [5.74, 6) is 0. The van der Waals surface area contributed by atoms with E-state index in [1.807, 2.05) is 20.9 Å². The van der Waals surface area contributed by atoms with Gasteiger partial charge in [-0.05, 0) is 13.8 Å². The van der Waals surface area contributed by atoms with E-state index in [9.17, 15) is 0 Å². The Labute approximate surface area is 78.5 Å². The van der Waals surface area contributed by atoms with Gasteiger partial charge in [-0.1, -0.05) is 0 Å². The lowest BCUT2D eigenvalue weighted by atomic mass is 10.3. The Bertz CT molecular complexity index is 288. The molecule has 0 aromatic carbocycles. The Morgan fingerprint density at radius 1 is 1.46 bits per heavy atom. The van der Waals surface area contributed by atoms with Gasteiger partial charge in [0.25, 0.3) is 0 Å². The van der Waals surface area contributed by atoms with Crippen molar-refractivity contribution >= 4 is 0 Å². The minimum absolute atomic E-state index is 0.662. The first-order chi connectivity index (χ1) is 6.13. The smallest absolute Gasteiger partial charge is 0.0780 e. The molecule has 1 rings (SSSR count). The van der Waals surface area contributed by atoms with E-state index in [1.54, 1.807) is 18.4 Å². The number of rotatable bonds is 3. The van der Waals surface area contributed by atoms with Gasteiger partial charge < -0.3 is 4.84 Å². The second-order valence-corrected chi connectivity index (χ2v) is 3.01. The Kier molecular flexibility index (Phi) is 3.33. The molecule has 0 fully saturated rings. The van der Waals surface area contributed by atoms with Gasteiger partial charge in [-0.2, -0.15) is 5.06 Å². The van der Waals surface area contributed by atoms with E-state index >= 15 is 0 Å². The largest absolute Gasteiger partial charge is 0.302 e. The molecule has 0 atom stereocenters. The van der Waals surface area contributed by atoms with Crippen molar-refractivity contribution in [2.45, 2.75) is 20.4 Å². The molecule has 4 nitrogen and oxygen atoms in total. The summed E-state index contributed by atoms with van der Waals surface area (Å²) in [6.07, 6.45) is 1.77. The van der Waals surface area contributed by atoms with Crippen LogP contribution < -0.4 is 0 Å². The molecule has 0 aliphatic rings. The first kappa shape index (κ1) is 10.1. The van der Waals surface area contributed by atoms with Crippen LogP contribution in [0.15, 0.2) is 6.20 Å². The summed E-state index contributed by atoms with van der Waals surface area (Å²) >= 11 is 0. The molecule has 0 aliphatic heterocycles. The fourth-order valence-corrected chi connectivity index (χ4v) is 1.05. The Morgan fingerprint density at radius 3 is 2.69 bits per heavy atom. The Hall–Kier alpha value is -1.00. The SMILES string of the molecule is CON(C)Cc1ncc(C)nc1C. The molecule has 0 spiro atoms. The lowest BCUT2D eigenvalue weighted by molar-refractivity contribution is -0.117. The minimum atomic E-state index is 0.662. The summed E-state index contributed by atoms with van der Waals surface area (Å²) in [5, 5.41) is 1.71. The molecule has 4 heteroatoms. The highest BCUT2D eigenvalue weighted by molar-refractivity contribution is 5.11. The van der Waals surface area contributed by atoms with E-state index in [0.29, 0.717) is 6.54 Å². The van der Waals surface area contributed by atoms with Crippen molar-refractivity contribution in [2.24, 2.45) is 0 Å². The lowest BCUT2D eigenvalue weighted by Crippen LogP contribution is -2.18. The normalized spacial score (nSPS) is 10.8. The van der Waals surface area contributed by atoms with Crippen LogP contribution in [0.1, 0.15) is 17.1 Å². The van der Waals surface area contributed by atoms with Crippen LogP contribution in [0.2, 0.25) is 0 Å². The van der Waals surface area contributed by atoms with Crippen LogP contribution >= 0.6 is 0 Å². The van der Waals surface area contributed by atoms with E-state index < -0.39 is 0 Å². The standard InChI is InChI=1S/C9H15N3O/c1-7-5-10-9(8(2)11-7)6-12(3)13-4/h5H,6H2,1-4H3. The van der Waals surface area contributed by atoms with Gasteiger partial charge in [0.15, 0.2) is 0 Å². The summed E-state index contributed by atoms with van der Waals surface area (Å²) in [4.78, 5) is 13.6. The van der Waals surface area contributed by atoms with E-state index in [0.717, 1.165) is 17.1 Å². The van der Waals surface area contributed by atoms with Crippen LogP contribution in [-0.2, 0) is 11.4 Å². The predicted octanol–water partition coefficient (Wildman–Crippen LogP) is 1.09. The van der Waals surface area contributed by atoms with Crippen LogP contribution in [0.25, 0.3) is 0 Å². The third kappa shape index (κ3) is 2.75. The maximum absolute atomic E-state index is 5.00. The second-order valence-electron chi connectivity index (χ2n) is 3.01. The van der Waals surface area contributed by atoms with Crippen LogP contribution in [-0.4, -0.2) is 29.2 Å². The fourth-order valence-electron chi connectivity index (χ4n) is 1.05. The van der Waals surface area contributed by atoms with Crippen molar-refractivity contribution < 1.29 is 4.84 Å². The third-order valence-corrected chi connectivity index (χ3v) is 1.85. The van der Waals surface area contributed by atoms with E-state index in [2.05, 4.69) is 9.97 Å². The molecule has 1 aromatic heterocycles. The van der Waals surface area contributed by atoms with Gasteiger partial charge in [0, 0.05) is 13.2 Å². The Balaban J connectivity index is 2.77. The van der Waals surface area contributed by atoms with Gasteiger partial charge in [0.2, 0.25) is 0 Å². The zero-order valence-electron chi connectivity index (χ0n) is 8.53. The molecule has 72 valence electrons. The summed E-state index contributed by atoms with van der Waals surface area (Å²) < 4.78 is 0. The molecule has 1 heterocycles. The maximum atomic E-state index is 5.00. The number of aryl methyl sites for hydroxylation is 2. The maximum Gasteiger partial charge on any atom is 0.0780 e. The summed E-state index contributed by atoms with van der Waals surface area (Å²) in [6.45, 7) is 4.55. The van der Waals surface area contributed by atoms with Gasteiger partial charge in [-0.15, -0.1) is 0 Å². The van der Waals surface area contributed by atoms with Crippen molar-refractivity contribution in [1.82, 2.24) is 15.0 Å². The average molecular weight is 181 g/mol. The summed E-state index contributed by atoms with van der Waals surface area (Å²) in [7, 11) is 3.50. The zero-order valence-corrected chi connectivity index (χ0v) is 8.53. The summed E-state index contributed by atoms with van der Waals surface area (Å²) in [6, 6.07) is 0. The van der Waals surface area contributed by atoms with Crippen LogP contribution in [0.4, 0.5) is 0 Å². The molecule has 0 aliphatic carbocycles. The molecule has 13 heavy (non-hydrogen) atoms.